The highest BCUT2D eigenvalue weighted by molar-refractivity contribution is 5.65. The molecule has 1 unspecified atom stereocenters. The number of allylic oxidation sites excluding steroid dienone is 2. The third-order valence-corrected chi connectivity index (χ3v) is 1.78. The van der Waals surface area contributed by atoms with E-state index < -0.39 is 0 Å². The Balaban J connectivity index is 4.29. The van der Waals surface area contributed by atoms with E-state index in [-0.39, 0.29) is 6.10 Å². The van der Waals surface area contributed by atoms with Gasteiger partial charge < -0.3 is 4.74 Å². The van der Waals surface area contributed by atoms with Gasteiger partial charge in [-0.05, 0) is 40.2 Å². The summed E-state index contributed by atoms with van der Waals surface area (Å²) in [7, 11) is 0. The van der Waals surface area contributed by atoms with Crippen molar-refractivity contribution in [1.82, 2.24) is 0 Å². The molecule has 0 aromatic heterocycles. The van der Waals surface area contributed by atoms with Gasteiger partial charge in [0.1, 0.15) is 6.29 Å². The maximum absolute atomic E-state index is 10.2. The minimum Gasteiger partial charge on any atom is -0.374 e. The van der Waals surface area contributed by atoms with Crippen LogP contribution in [0, 0.1) is 0 Å². The lowest BCUT2D eigenvalue weighted by Gasteiger charge is -2.13. The molecule has 0 bridgehead atoms. The first-order valence-electron chi connectivity index (χ1n) is 4.97. The second-order valence-electron chi connectivity index (χ2n) is 3.59. The summed E-state index contributed by atoms with van der Waals surface area (Å²) in [4.78, 5) is 10.2. The number of ether oxygens (including phenoxy) is 1. The number of hydrogen-bond acceptors (Lipinski definition) is 2. The second-order valence-corrected chi connectivity index (χ2v) is 3.59. The molecule has 0 aliphatic carbocycles. The first-order valence-corrected chi connectivity index (χ1v) is 4.97. The molecule has 0 spiro atoms. The monoisotopic (exact) mass is 196 g/mol. The second kappa shape index (κ2) is 7.51. The van der Waals surface area contributed by atoms with Crippen LogP contribution in [0.4, 0.5) is 0 Å². The standard InChI is InChI=1S/C12H20O2/c1-5-14-12(8-10(2)3)9-11(4)6-7-13/h6-8,12H,5,9H2,1-4H3/b11-6+. The topological polar surface area (TPSA) is 26.3 Å². The first-order chi connectivity index (χ1) is 6.60. The zero-order chi connectivity index (χ0) is 11.0. The quantitative estimate of drug-likeness (QED) is 0.371. The molecular formula is C12H20O2. The molecule has 80 valence electrons. The Bertz CT molecular complexity index is 222. The Hall–Kier alpha value is -0.890. The van der Waals surface area contributed by atoms with E-state index in [1.807, 2.05) is 27.7 Å². The zero-order valence-corrected chi connectivity index (χ0v) is 9.54. The van der Waals surface area contributed by atoms with E-state index in [4.69, 9.17) is 4.74 Å². The molecule has 2 heteroatoms. The third kappa shape index (κ3) is 6.61. The van der Waals surface area contributed by atoms with Crippen molar-refractivity contribution in [3.63, 3.8) is 0 Å². The molecule has 0 aliphatic rings. The largest absolute Gasteiger partial charge is 0.374 e. The molecule has 14 heavy (non-hydrogen) atoms. The van der Waals surface area contributed by atoms with Crippen LogP contribution in [-0.4, -0.2) is 19.0 Å². The van der Waals surface area contributed by atoms with E-state index in [0.717, 1.165) is 18.3 Å². The summed E-state index contributed by atoms with van der Waals surface area (Å²) in [6, 6.07) is 0. The van der Waals surface area contributed by atoms with Gasteiger partial charge >= 0.3 is 0 Å². The first kappa shape index (κ1) is 13.1. The highest BCUT2D eigenvalue weighted by atomic mass is 16.5. The smallest absolute Gasteiger partial charge is 0.142 e. The average Bonchev–Trinajstić information content (AvgIpc) is 2.03. The van der Waals surface area contributed by atoms with Crippen LogP contribution in [0.15, 0.2) is 23.3 Å². The Labute approximate surface area is 86.6 Å². The summed E-state index contributed by atoms with van der Waals surface area (Å²) in [5, 5.41) is 0. The molecule has 0 aliphatic heterocycles. The predicted molar refractivity (Wildman–Crippen MR) is 59.3 cm³/mol. The molecule has 0 N–H and O–H groups in total. The molecule has 0 rings (SSSR count). The number of carbonyl (C=O) groups excluding carboxylic acids is 1. The van der Waals surface area contributed by atoms with Crippen LogP contribution in [0.5, 0.6) is 0 Å². The van der Waals surface area contributed by atoms with Crippen molar-refractivity contribution in [2.45, 2.75) is 40.2 Å². The fourth-order valence-corrected chi connectivity index (χ4v) is 1.25. The van der Waals surface area contributed by atoms with Crippen LogP contribution in [0.25, 0.3) is 0 Å². The fraction of sp³-hybridized carbons (Fsp3) is 0.583. The number of aldehydes is 1. The summed E-state index contributed by atoms with van der Waals surface area (Å²) in [6.07, 6.45) is 5.39. The van der Waals surface area contributed by atoms with E-state index in [2.05, 4.69) is 6.08 Å². The van der Waals surface area contributed by atoms with E-state index in [0.29, 0.717) is 6.61 Å². The SMILES string of the molecule is CCOC(C=C(C)C)C/C(C)=C/C=O. The Morgan fingerprint density at radius 1 is 1.36 bits per heavy atom. The summed E-state index contributed by atoms with van der Waals surface area (Å²) in [5.74, 6) is 0. The minimum atomic E-state index is 0.0983. The Morgan fingerprint density at radius 3 is 2.43 bits per heavy atom. The molecule has 0 saturated carbocycles. The van der Waals surface area contributed by atoms with Crippen molar-refractivity contribution in [3.05, 3.63) is 23.3 Å². The van der Waals surface area contributed by atoms with Gasteiger partial charge in [0.15, 0.2) is 0 Å². The van der Waals surface area contributed by atoms with Gasteiger partial charge in [0.05, 0.1) is 6.10 Å². The van der Waals surface area contributed by atoms with Crippen LogP contribution >= 0.6 is 0 Å². The van der Waals surface area contributed by atoms with Gasteiger partial charge in [0, 0.05) is 6.61 Å². The molecule has 0 aromatic rings. The maximum Gasteiger partial charge on any atom is 0.142 e. The third-order valence-electron chi connectivity index (χ3n) is 1.78. The number of carbonyl (C=O) groups is 1. The fourth-order valence-electron chi connectivity index (χ4n) is 1.25. The van der Waals surface area contributed by atoms with Gasteiger partial charge in [0.2, 0.25) is 0 Å². The molecule has 0 saturated heterocycles. The van der Waals surface area contributed by atoms with Crippen LogP contribution in [-0.2, 0) is 9.53 Å². The van der Waals surface area contributed by atoms with Crippen molar-refractivity contribution < 1.29 is 9.53 Å². The summed E-state index contributed by atoms with van der Waals surface area (Å²) in [5.41, 5.74) is 2.29. The molecule has 1 atom stereocenters. The van der Waals surface area contributed by atoms with Crippen LogP contribution in [0.2, 0.25) is 0 Å². The van der Waals surface area contributed by atoms with Crippen molar-refractivity contribution in [2.24, 2.45) is 0 Å². The number of rotatable bonds is 6. The normalized spacial score (nSPS) is 13.6. The van der Waals surface area contributed by atoms with Gasteiger partial charge in [-0.2, -0.15) is 0 Å². The van der Waals surface area contributed by atoms with Gasteiger partial charge in [-0.3, -0.25) is 4.79 Å². The van der Waals surface area contributed by atoms with Gasteiger partial charge in [-0.1, -0.05) is 17.2 Å². The Morgan fingerprint density at radius 2 is 2.00 bits per heavy atom. The lowest BCUT2D eigenvalue weighted by Crippen LogP contribution is -2.10. The molecule has 2 nitrogen and oxygen atoms in total. The van der Waals surface area contributed by atoms with E-state index in [9.17, 15) is 4.79 Å². The lowest BCUT2D eigenvalue weighted by molar-refractivity contribution is -0.104. The number of hydrogen-bond donors (Lipinski definition) is 0. The lowest BCUT2D eigenvalue weighted by atomic mass is 10.1. The minimum absolute atomic E-state index is 0.0983. The highest BCUT2D eigenvalue weighted by Gasteiger charge is 2.05. The molecule has 0 aromatic carbocycles. The summed E-state index contributed by atoms with van der Waals surface area (Å²) in [6.45, 7) is 8.71. The van der Waals surface area contributed by atoms with Crippen LogP contribution in [0.1, 0.15) is 34.1 Å². The average molecular weight is 196 g/mol. The van der Waals surface area contributed by atoms with Gasteiger partial charge in [0.25, 0.3) is 0 Å². The van der Waals surface area contributed by atoms with E-state index in [1.54, 1.807) is 6.08 Å². The molecule has 0 radical (unpaired) electrons. The van der Waals surface area contributed by atoms with Gasteiger partial charge in [-0.25, -0.2) is 0 Å². The van der Waals surface area contributed by atoms with Gasteiger partial charge in [-0.15, -0.1) is 0 Å². The van der Waals surface area contributed by atoms with Crippen molar-refractivity contribution in [2.75, 3.05) is 6.61 Å². The summed E-state index contributed by atoms with van der Waals surface area (Å²) >= 11 is 0. The van der Waals surface area contributed by atoms with E-state index in [1.165, 1.54) is 5.57 Å². The Kier molecular flexibility index (Phi) is 7.03. The van der Waals surface area contributed by atoms with Crippen molar-refractivity contribution in [1.29, 1.82) is 0 Å². The molecule has 0 heterocycles. The molecule has 0 fully saturated rings. The molecule has 0 amide bonds. The molecular weight excluding hydrogens is 176 g/mol. The highest BCUT2D eigenvalue weighted by Crippen LogP contribution is 2.10. The van der Waals surface area contributed by atoms with Crippen molar-refractivity contribution >= 4 is 6.29 Å². The summed E-state index contributed by atoms with van der Waals surface area (Å²) < 4.78 is 5.54. The zero-order valence-electron chi connectivity index (χ0n) is 9.54. The van der Waals surface area contributed by atoms with Crippen LogP contribution < -0.4 is 0 Å². The predicted octanol–water partition coefficient (Wildman–Crippen LogP) is 2.89. The van der Waals surface area contributed by atoms with Crippen molar-refractivity contribution in [3.8, 4) is 0 Å². The maximum atomic E-state index is 10.2. The van der Waals surface area contributed by atoms with E-state index >= 15 is 0 Å². The van der Waals surface area contributed by atoms with Crippen LogP contribution in [0.3, 0.4) is 0 Å².